The highest BCUT2D eigenvalue weighted by molar-refractivity contribution is 7.91. The monoisotopic (exact) mass is 570 g/mol. The van der Waals surface area contributed by atoms with Gasteiger partial charge >= 0.3 is 10.2 Å². The van der Waals surface area contributed by atoms with E-state index in [0.29, 0.717) is 28.3 Å². The third-order valence-corrected chi connectivity index (χ3v) is 8.73. The summed E-state index contributed by atoms with van der Waals surface area (Å²) in [5, 5.41) is 0. The highest BCUT2D eigenvalue weighted by Crippen LogP contribution is 2.42. The Morgan fingerprint density at radius 3 is 2.27 bits per heavy atom. The second-order valence-electron chi connectivity index (χ2n) is 9.59. The molecule has 212 valence electrons. The fourth-order valence-corrected chi connectivity index (χ4v) is 6.30. The number of carbonyl (C=O) groups is 1. The topological polar surface area (TPSA) is 94.6 Å². The van der Waals surface area contributed by atoms with E-state index in [4.69, 9.17) is 18.9 Å². The second-order valence-corrected chi connectivity index (χ2v) is 11.4. The quantitative estimate of drug-likeness (QED) is 0.255. The average molecular weight is 571 g/mol. The summed E-state index contributed by atoms with van der Waals surface area (Å²) in [6.45, 7) is -0.958. The fraction of sp³-hybridized carbons (Fsp3) is 0.345. The summed E-state index contributed by atoms with van der Waals surface area (Å²) in [7, 11) is -2.89. The first-order valence-electron chi connectivity index (χ1n) is 12.9. The molecule has 9 nitrogen and oxygen atoms in total. The van der Waals surface area contributed by atoms with Crippen molar-refractivity contribution in [2.24, 2.45) is 0 Å². The maximum absolute atomic E-state index is 16.2. The van der Waals surface area contributed by atoms with Gasteiger partial charge in [0.1, 0.15) is 24.7 Å². The molecule has 1 heterocycles. The van der Waals surface area contributed by atoms with Crippen molar-refractivity contribution in [1.29, 1.82) is 0 Å². The van der Waals surface area contributed by atoms with Crippen LogP contribution in [0.4, 0.5) is 10.1 Å². The number of methoxy groups -OCH3 is 1. The number of nitrogens with zero attached hydrogens (tertiary/aromatic N) is 2. The molecular weight excluding hydrogens is 539 g/mol. The number of amides is 1. The number of halogens is 1. The van der Waals surface area contributed by atoms with Gasteiger partial charge in [0.2, 0.25) is 0 Å². The van der Waals surface area contributed by atoms with Crippen LogP contribution in [0.3, 0.4) is 0 Å². The van der Waals surface area contributed by atoms with E-state index in [2.05, 4.69) is 0 Å². The van der Waals surface area contributed by atoms with Crippen molar-refractivity contribution >= 4 is 21.8 Å². The summed E-state index contributed by atoms with van der Waals surface area (Å²) in [6.07, 6.45) is 1.31. The zero-order valence-electron chi connectivity index (χ0n) is 22.1. The Bertz CT molecular complexity index is 1440. The van der Waals surface area contributed by atoms with E-state index >= 15 is 4.39 Å². The van der Waals surface area contributed by atoms with Crippen molar-refractivity contribution in [2.75, 3.05) is 31.5 Å². The van der Waals surface area contributed by atoms with Crippen LogP contribution in [0, 0.1) is 5.82 Å². The lowest BCUT2D eigenvalue weighted by molar-refractivity contribution is -0.127. The van der Waals surface area contributed by atoms with Crippen molar-refractivity contribution in [3.8, 4) is 5.75 Å². The Hall–Kier alpha value is -3.51. The number of fused-ring (bicyclic) bond motifs is 1. The first kappa shape index (κ1) is 28.0. The Morgan fingerprint density at radius 2 is 1.62 bits per heavy atom. The molecule has 0 spiro atoms. The van der Waals surface area contributed by atoms with Crippen LogP contribution < -0.4 is 9.04 Å². The number of benzene rings is 3. The number of anilines is 1. The molecule has 0 saturated carbocycles. The number of hydrogen-bond acceptors (Lipinski definition) is 7. The van der Waals surface area contributed by atoms with Gasteiger partial charge in [-0.15, -0.1) is 0 Å². The Kier molecular flexibility index (Phi) is 8.65. The molecule has 0 N–H and O–H groups in total. The predicted octanol–water partition coefficient (Wildman–Crippen LogP) is 3.95. The van der Waals surface area contributed by atoms with Crippen LogP contribution in [-0.2, 0) is 55.3 Å². The van der Waals surface area contributed by atoms with Crippen LogP contribution in [0.15, 0.2) is 66.7 Å². The number of ether oxygens (including phenoxy) is 4. The van der Waals surface area contributed by atoms with Crippen molar-refractivity contribution in [3.05, 3.63) is 94.8 Å². The lowest BCUT2D eigenvalue weighted by Crippen LogP contribution is -2.36. The molecule has 0 unspecified atom stereocenters. The molecule has 1 atom stereocenters. The number of hydrogen-bond donors (Lipinski definition) is 0. The summed E-state index contributed by atoms with van der Waals surface area (Å²) in [4.78, 5) is 12.9. The lowest BCUT2D eigenvalue weighted by Gasteiger charge is -2.28. The van der Waals surface area contributed by atoms with Crippen LogP contribution in [-0.4, -0.2) is 51.9 Å². The van der Waals surface area contributed by atoms with Crippen LogP contribution in [0.2, 0.25) is 0 Å². The van der Waals surface area contributed by atoms with Crippen molar-refractivity contribution in [1.82, 2.24) is 4.31 Å². The van der Waals surface area contributed by atoms with Gasteiger partial charge in [-0.3, -0.25) is 4.79 Å². The molecule has 5 rings (SSSR count). The molecule has 0 aromatic heterocycles. The Balaban J connectivity index is 1.39. The highest BCUT2D eigenvalue weighted by Gasteiger charge is 2.46. The van der Waals surface area contributed by atoms with Crippen molar-refractivity contribution < 1.29 is 36.6 Å². The minimum Gasteiger partial charge on any atom is -0.465 e. The molecule has 1 saturated heterocycles. The van der Waals surface area contributed by atoms with Crippen molar-refractivity contribution in [3.63, 3.8) is 0 Å². The van der Waals surface area contributed by atoms with Crippen molar-refractivity contribution in [2.45, 2.75) is 38.6 Å². The summed E-state index contributed by atoms with van der Waals surface area (Å²) in [6, 6.07) is 20.3. The summed E-state index contributed by atoms with van der Waals surface area (Å²) in [5.74, 6) is -1.49. The molecule has 3 aromatic carbocycles. The van der Waals surface area contributed by atoms with E-state index in [1.165, 1.54) is 0 Å². The summed E-state index contributed by atoms with van der Waals surface area (Å²) in [5.41, 5.74) is 2.49. The zero-order chi connectivity index (χ0) is 28.1. The first-order chi connectivity index (χ1) is 19.4. The molecule has 40 heavy (non-hydrogen) atoms. The molecular formula is C29H31FN2O7S. The van der Waals surface area contributed by atoms with Gasteiger partial charge in [-0.1, -0.05) is 60.7 Å². The second kappa shape index (κ2) is 12.3. The van der Waals surface area contributed by atoms with E-state index in [1.54, 1.807) is 13.2 Å². The van der Waals surface area contributed by atoms with E-state index in [9.17, 15) is 13.2 Å². The number of carbonyl (C=O) groups excluding carboxylic acids is 1. The molecule has 1 fully saturated rings. The van der Waals surface area contributed by atoms with Gasteiger partial charge in [0.05, 0.1) is 19.3 Å². The van der Waals surface area contributed by atoms with Gasteiger partial charge in [-0.25, -0.2) is 8.70 Å². The van der Waals surface area contributed by atoms with E-state index in [1.807, 2.05) is 60.7 Å². The molecule has 1 aliphatic heterocycles. The lowest BCUT2D eigenvalue weighted by atomic mass is 9.88. The van der Waals surface area contributed by atoms with Gasteiger partial charge in [0.15, 0.2) is 12.6 Å². The van der Waals surface area contributed by atoms with Crippen LogP contribution in [0.5, 0.6) is 5.75 Å². The fourth-order valence-electron chi connectivity index (χ4n) is 4.86. The van der Waals surface area contributed by atoms with Crippen LogP contribution in [0.25, 0.3) is 0 Å². The molecule has 0 bridgehead atoms. The molecule has 1 aliphatic carbocycles. The Labute approximate surface area is 233 Å². The molecule has 3 aromatic rings. The molecule has 2 aliphatic rings. The number of rotatable bonds is 11. The largest absolute Gasteiger partial charge is 0.465 e. The average Bonchev–Trinajstić information content (AvgIpc) is 3.19. The number of aryl methyl sites for hydroxylation is 1. The van der Waals surface area contributed by atoms with Gasteiger partial charge in [0, 0.05) is 13.5 Å². The zero-order valence-corrected chi connectivity index (χ0v) is 22.9. The standard InChI is InChI=1S/C29H31FN2O7S/c1-36-24-13-12-23-14-26(39-20-38-18-22-10-6-3-7-11-22)29(28(30)25(23)15-24)31-16-27(33)32(40(31,34)35)19-37-17-21-8-4-2-5-9-21/h2-11,14,24H,12-13,15-20H2,1H3/t24-/m1/s1. The smallest absolute Gasteiger partial charge is 0.331 e. The van der Waals surface area contributed by atoms with Gasteiger partial charge in [-0.2, -0.15) is 12.7 Å². The van der Waals surface area contributed by atoms with Gasteiger partial charge in [0.25, 0.3) is 5.91 Å². The van der Waals surface area contributed by atoms with Crippen LogP contribution >= 0.6 is 0 Å². The van der Waals surface area contributed by atoms with Crippen LogP contribution in [0.1, 0.15) is 28.7 Å². The normalized spacial score (nSPS) is 18.1. The SMILES string of the molecule is CO[C@@H]1CCc2cc(OCOCc3ccccc3)c(N3CC(=O)N(COCc4ccccc4)S3(=O)=O)c(F)c2C1. The Morgan fingerprint density at radius 1 is 0.975 bits per heavy atom. The highest BCUT2D eigenvalue weighted by atomic mass is 32.2. The predicted molar refractivity (Wildman–Crippen MR) is 145 cm³/mol. The third kappa shape index (κ3) is 5.97. The molecule has 1 amide bonds. The maximum atomic E-state index is 16.2. The molecule has 11 heteroatoms. The van der Waals surface area contributed by atoms with E-state index < -0.39 is 35.2 Å². The van der Waals surface area contributed by atoms with E-state index in [0.717, 1.165) is 15.4 Å². The van der Waals surface area contributed by atoms with E-state index in [-0.39, 0.29) is 44.0 Å². The van der Waals surface area contributed by atoms with Gasteiger partial charge < -0.3 is 18.9 Å². The summed E-state index contributed by atoms with van der Waals surface area (Å²) < 4.78 is 67.0. The third-order valence-electron chi connectivity index (χ3n) is 6.99. The first-order valence-corrected chi connectivity index (χ1v) is 14.3. The summed E-state index contributed by atoms with van der Waals surface area (Å²) >= 11 is 0. The maximum Gasteiger partial charge on any atom is 0.331 e. The minimum atomic E-state index is -4.45. The minimum absolute atomic E-state index is 0.0105. The van der Waals surface area contributed by atoms with Gasteiger partial charge in [-0.05, 0) is 41.2 Å². The molecule has 0 radical (unpaired) electrons.